The summed E-state index contributed by atoms with van der Waals surface area (Å²) in [6, 6.07) is 23.7. The molecule has 34 heavy (non-hydrogen) atoms. The summed E-state index contributed by atoms with van der Waals surface area (Å²) in [5.41, 5.74) is 1.97. The Balaban J connectivity index is 1.60. The molecule has 0 amide bonds. The minimum Gasteiger partial charge on any atom is -0.329 e. The zero-order chi connectivity index (χ0) is 24.2. The van der Waals surface area contributed by atoms with Crippen molar-refractivity contribution in [3.8, 4) is 0 Å². The van der Waals surface area contributed by atoms with Crippen LogP contribution in [0.15, 0.2) is 94.3 Å². The Kier molecular flexibility index (Phi) is 6.62. The third kappa shape index (κ3) is 5.59. The van der Waals surface area contributed by atoms with E-state index >= 15 is 0 Å². The fourth-order valence-corrected chi connectivity index (χ4v) is 4.48. The van der Waals surface area contributed by atoms with Crippen LogP contribution in [-0.4, -0.2) is 18.6 Å². The van der Waals surface area contributed by atoms with Gasteiger partial charge < -0.3 is 4.52 Å². The van der Waals surface area contributed by atoms with Gasteiger partial charge in [-0.05, 0) is 34.9 Å². The van der Waals surface area contributed by atoms with Crippen molar-refractivity contribution in [3.63, 3.8) is 0 Å². The highest BCUT2D eigenvalue weighted by Gasteiger charge is 2.38. The van der Waals surface area contributed by atoms with E-state index in [0.29, 0.717) is 5.56 Å². The average Bonchev–Trinajstić information content (AvgIpc) is 3.33. The van der Waals surface area contributed by atoms with E-state index in [1.807, 2.05) is 60.7 Å². The van der Waals surface area contributed by atoms with Crippen molar-refractivity contribution < 1.29 is 26.1 Å². The number of hydrogen-bond donors (Lipinski definition) is 1. The predicted molar refractivity (Wildman–Crippen MR) is 120 cm³/mol. The average molecular weight is 485 g/mol. The Morgan fingerprint density at radius 1 is 0.853 bits per heavy atom. The van der Waals surface area contributed by atoms with Crippen molar-refractivity contribution in [2.45, 2.75) is 17.1 Å². The molecule has 174 valence electrons. The fourth-order valence-electron chi connectivity index (χ4n) is 3.22. The Labute approximate surface area is 193 Å². The fraction of sp³-hybridized carbons (Fsp3) is 0.0833. The summed E-state index contributed by atoms with van der Waals surface area (Å²) in [7, 11) is -3.96. The van der Waals surface area contributed by atoms with Crippen molar-refractivity contribution in [1.82, 2.24) is 14.9 Å². The number of rotatable bonds is 7. The van der Waals surface area contributed by atoms with Gasteiger partial charge in [-0.2, -0.15) is 22.9 Å². The van der Waals surface area contributed by atoms with Gasteiger partial charge in [-0.15, -0.1) is 0 Å². The van der Waals surface area contributed by atoms with Crippen LogP contribution < -0.4 is 4.72 Å². The summed E-state index contributed by atoms with van der Waals surface area (Å²) in [5, 5.41) is 3.25. The molecule has 0 aliphatic rings. The molecule has 1 N–H and O–H groups in total. The topological polar surface area (TPSA) is 85.1 Å². The zero-order valence-electron chi connectivity index (χ0n) is 17.5. The molecule has 1 aromatic heterocycles. The molecule has 6 nitrogen and oxygen atoms in total. The lowest BCUT2D eigenvalue weighted by Gasteiger charge is -2.20. The number of hydrogen-bond acceptors (Lipinski definition) is 5. The van der Waals surface area contributed by atoms with Crippen LogP contribution in [0.5, 0.6) is 0 Å². The molecule has 0 aliphatic carbocycles. The van der Waals surface area contributed by atoms with Gasteiger partial charge in [-0.1, -0.05) is 84.0 Å². The lowest BCUT2D eigenvalue weighted by Crippen LogP contribution is -2.29. The first-order valence-electron chi connectivity index (χ1n) is 10.0. The highest BCUT2D eigenvalue weighted by Crippen LogP contribution is 2.28. The van der Waals surface area contributed by atoms with Crippen molar-refractivity contribution in [1.29, 1.82) is 0 Å². The molecule has 0 aliphatic heterocycles. The first-order chi connectivity index (χ1) is 16.2. The van der Waals surface area contributed by atoms with E-state index in [2.05, 4.69) is 19.4 Å². The van der Waals surface area contributed by atoms with Gasteiger partial charge in [0.2, 0.25) is 10.0 Å². The Morgan fingerprint density at radius 2 is 1.47 bits per heavy atom. The summed E-state index contributed by atoms with van der Waals surface area (Å²) in [5.74, 6) is -1.74. The first kappa shape index (κ1) is 23.4. The number of nitrogens with zero attached hydrogens (tertiary/aromatic N) is 2. The molecule has 1 heterocycles. The van der Waals surface area contributed by atoms with Crippen molar-refractivity contribution in [3.05, 3.63) is 113 Å². The number of alkyl halides is 3. The largest absolute Gasteiger partial charge is 0.471 e. The van der Waals surface area contributed by atoms with Gasteiger partial charge >= 0.3 is 12.1 Å². The Hall–Kier alpha value is -3.76. The number of halogens is 3. The van der Waals surface area contributed by atoms with E-state index in [4.69, 9.17) is 0 Å². The highest BCUT2D eigenvalue weighted by atomic mass is 32.2. The molecule has 0 atom stereocenters. The lowest BCUT2D eigenvalue weighted by atomic mass is 10.00. The van der Waals surface area contributed by atoms with Gasteiger partial charge in [0.1, 0.15) is 0 Å². The van der Waals surface area contributed by atoms with Crippen LogP contribution in [0.2, 0.25) is 0 Å². The maximum absolute atomic E-state index is 13.2. The van der Waals surface area contributed by atoms with Crippen LogP contribution >= 0.6 is 0 Å². The maximum atomic E-state index is 13.2. The quantitative estimate of drug-likeness (QED) is 0.383. The van der Waals surface area contributed by atoms with Crippen LogP contribution in [-0.2, 0) is 16.2 Å². The van der Waals surface area contributed by atoms with Gasteiger partial charge in [0.05, 0.1) is 10.9 Å². The Bertz CT molecular complexity index is 1350. The SMILES string of the molecule is O=S(=O)(NC(c1ccccc1)c1ccccc1)c1cccc(/C=C/c2noc(C(F)(F)F)n2)c1. The van der Waals surface area contributed by atoms with Crippen LogP contribution in [0, 0.1) is 0 Å². The van der Waals surface area contributed by atoms with Gasteiger partial charge in [0.25, 0.3) is 0 Å². The molecule has 4 aromatic rings. The summed E-state index contributed by atoms with van der Waals surface area (Å²) in [6.45, 7) is 0. The molecule has 0 spiro atoms. The summed E-state index contributed by atoms with van der Waals surface area (Å²) in [6.07, 6.45) is -2.14. The number of nitrogens with one attached hydrogen (secondary N) is 1. The van der Waals surface area contributed by atoms with Crippen LogP contribution in [0.25, 0.3) is 12.2 Å². The van der Waals surface area contributed by atoms with Crippen LogP contribution in [0.1, 0.15) is 34.4 Å². The maximum Gasteiger partial charge on any atom is 0.471 e. The molecule has 10 heteroatoms. The molecular formula is C24H18F3N3O3S. The molecule has 0 bridgehead atoms. The van der Waals surface area contributed by atoms with Crippen molar-refractivity contribution >= 4 is 22.2 Å². The minimum absolute atomic E-state index is 0.00407. The van der Waals surface area contributed by atoms with Gasteiger partial charge in [-0.25, -0.2) is 8.42 Å². The van der Waals surface area contributed by atoms with E-state index < -0.39 is 28.1 Å². The van der Waals surface area contributed by atoms with E-state index in [0.717, 1.165) is 11.1 Å². The van der Waals surface area contributed by atoms with E-state index in [9.17, 15) is 21.6 Å². The summed E-state index contributed by atoms with van der Waals surface area (Å²) < 4.78 is 71.2. The first-order valence-corrected chi connectivity index (χ1v) is 11.5. The van der Waals surface area contributed by atoms with E-state index in [1.165, 1.54) is 30.4 Å². The third-order valence-electron chi connectivity index (χ3n) is 4.82. The van der Waals surface area contributed by atoms with E-state index in [1.54, 1.807) is 6.07 Å². The molecule has 0 fully saturated rings. The Morgan fingerprint density at radius 3 is 2.03 bits per heavy atom. The summed E-state index contributed by atoms with van der Waals surface area (Å²) >= 11 is 0. The standard InChI is InChI=1S/C24H18F3N3O3S/c25-24(26,27)23-28-21(29-33-23)15-14-17-8-7-13-20(16-17)34(31,32)30-22(18-9-3-1-4-10-18)19-11-5-2-6-12-19/h1-16,22,30H/b15-14+. The van der Waals surface area contributed by atoms with Crippen molar-refractivity contribution in [2.75, 3.05) is 0 Å². The molecule has 4 rings (SSSR count). The second-order valence-electron chi connectivity index (χ2n) is 7.24. The minimum atomic E-state index is -4.74. The molecule has 3 aromatic carbocycles. The molecule has 0 unspecified atom stereocenters. The molecule has 0 radical (unpaired) electrons. The molecular weight excluding hydrogens is 467 g/mol. The number of aromatic nitrogens is 2. The molecule has 0 saturated carbocycles. The van der Waals surface area contributed by atoms with Gasteiger partial charge in [-0.3, -0.25) is 0 Å². The lowest BCUT2D eigenvalue weighted by molar-refractivity contribution is -0.159. The highest BCUT2D eigenvalue weighted by molar-refractivity contribution is 7.89. The summed E-state index contributed by atoms with van der Waals surface area (Å²) in [4.78, 5) is 3.25. The number of sulfonamides is 1. The normalized spacial score (nSPS) is 12.5. The van der Waals surface area contributed by atoms with Crippen LogP contribution in [0.4, 0.5) is 13.2 Å². The monoisotopic (exact) mass is 485 g/mol. The van der Waals surface area contributed by atoms with Crippen molar-refractivity contribution in [2.24, 2.45) is 0 Å². The van der Waals surface area contributed by atoms with Gasteiger partial charge in [0.15, 0.2) is 5.82 Å². The second kappa shape index (κ2) is 9.62. The second-order valence-corrected chi connectivity index (χ2v) is 8.95. The molecule has 0 saturated heterocycles. The third-order valence-corrected chi connectivity index (χ3v) is 6.24. The van der Waals surface area contributed by atoms with Gasteiger partial charge in [0, 0.05) is 0 Å². The predicted octanol–water partition coefficient (Wildman–Crippen LogP) is 5.33. The number of benzene rings is 3. The van der Waals surface area contributed by atoms with E-state index in [-0.39, 0.29) is 10.7 Å². The zero-order valence-corrected chi connectivity index (χ0v) is 18.3. The van der Waals surface area contributed by atoms with Crippen LogP contribution in [0.3, 0.4) is 0 Å². The smallest absolute Gasteiger partial charge is 0.329 e.